The van der Waals surface area contributed by atoms with Crippen LogP contribution in [0.25, 0.3) is 5.65 Å². The monoisotopic (exact) mass is 400 g/mol. The average Bonchev–Trinajstić information content (AvgIpc) is 3.14. The van der Waals surface area contributed by atoms with Crippen molar-refractivity contribution in [2.24, 2.45) is 0 Å². The summed E-state index contributed by atoms with van der Waals surface area (Å²) >= 11 is 1.70. The summed E-state index contributed by atoms with van der Waals surface area (Å²) in [7, 11) is 0. The van der Waals surface area contributed by atoms with E-state index in [1.807, 2.05) is 42.0 Å². The third-order valence-corrected chi connectivity index (χ3v) is 5.03. The highest BCUT2D eigenvalue weighted by Gasteiger charge is 2.21. The maximum Gasteiger partial charge on any atom is 0.272 e. The lowest BCUT2D eigenvalue weighted by Gasteiger charge is -2.17. The minimum Gasteiger partial charge on any atom is -0.341 e. The van der Waals surface area contributed by atoms with E-state index in [1.165, 1.54) is 16.8 Å². The lowest BCUT2D eigenvalue weighted by molar-refractivity contribution is 0.0926. The van der Waals surface area contributed by atoms with E-state index in [9.17, 15) is 9.59 Å². The summed E-state index contributed by atoms with van der Waals surface area (Å²) < 4.78 is 3.22. The lowest BCUT2D eigenvalue weighted by Crippen LogP contribution is -2.33. The molecule has 0 fully saturated rings. The predicted octanol–water partition coefficient (Wildman–Crippen LogP) is 2.31. The first-order valence-electron chi connectivity index (χ1n) is 9.31. The van der Waals surface area contributed by atoms with Crippen molar-refractivity contribution in [1.29, 1.82) is 0 Å². The van der Waals surface area contributed by atoms with Gasteiger partial charge in [0.2, 0.25) is 0 Å². The number of aromatic nitrogens is 5. The zero-order chi connectivity index (χ0) is 19.9. The van der Waals surface area contributed by atoms with Crippen molar-refractivity contribution in [1.82, 2.24) is 29.7 Å². The molecular weight excluding hydrogens is 376 g/mol. The van der Waals surface area contributed by atoms with Crippen molar-refractivity contribution in [3.63, 3.8) is 0 Å². The maximum absolute atomic E-state index is 12.8. The molecule has 3 aromatic heterocycles. The summed E-state index contributed by atoms with van der Waals surface area (Å²) in [6.07, 6.45) is 6.39. The molecular formula is C19H24N6O2S. The van der Waals surface area contributed by atoms with E-state index in [2.05, 4.69) is 20.6 Å². The van der Waals surface area contributed by atoms with Gasteiger partial charge in [-0.1, -0.05) is 19.4 Å². The van der Waals surface area contributed by atoms with Crippen molar-refractivity contribution in [2.75, 3.05) is 12.0 Å². The Labute approximate surface area is 167 Å². The topological polar surface area (TPSA) is 94.2 Å². The van der Waals surface area contributed by atoms with Crippen LogP contribution in [-0.2, 0) is 6.54 Å². The van der Waals surface area contributed by atoms with E-state index in [0.29, 0.717) is 18.8 Å². The lowest BCUT2D eigenvalue weighted by atomic mass is 10.2. The number of carbonyl (C=O) groups is 1. The number of nitrogens with zero attached hydrogens (tertiary/aromatic N) is 5. The molecule has 0 saturated heterocycles. The standard InChI is InChI=1S/C19H24N6O2S/c1-3-4-12-25-17(26)9-8-15(23-25)19(27)20-14(10-13-28-2)18-22-21-16-7-5-6-11-24(16)18/h5-9,11,14H,3-4,10,12-13H2,1-2H3,(H,20,27). The van der Waals surface area contributed by atoms with Crippen LogP contribution in [0, 0.1) is 0 Å². The molecule has 0 bridgehead atoms. The van der Waals surface area contributed by atoms with Crippen LogP contribution in [-0.4, -0.2) is 42.3 Å². The smallest absolute Gasteiger partial charge is 0.272 e. The van der Waals surface area contributed by atoms with Gasteiger partial charge in [-0.3, -0.25) is 14.0 Å². The maximum atomic E-state index is 12.8. The number of hydrogen-bond acceptors (Lipinski definition) is 6. The van der Waals surface area contributed by atoms with Gasteiger partial charge in [-0.2, -0.15) is 16.9 Å². The van der Waals surface area contributed by atoms with E-state index in [4.69, 9.17) is 0 Å². The number of pyridine rings is 1. The second kappa shape index (κ2) is 9.50. The van der Waals surface area contributed by atoms with E-state index >= 15 is 0 Å². The van der Waals surface area contributed by atoms with Crippen LogP contribution in [0.5, 0.6) is 0 Å². The van der Waals surface area contributed by atoms with Crippen LogP contribution >= 0.6 is 11.8 Å². The van der Waals surface area contributed by atoms with Crippen LogP contribution in [0.4, 0.5) is 0 Å². The normalized spacial score (nSPS) is 12.2. The minimum absolute atomic E-state index is 0.201. The number of rotatable bonds is 9. The van der Waals surface area contributed by atoms with Crippen LogP contribution in [0.3, 0.4) is 0 Å². The molecule has 3 heterocycles. The Balaban J connectivity index is 1.85. The molecule has 0 aliphatic rings. The summed E-state index contributed by atoms with van der Waals surface area (Å²) in [4.78, 5) is 24.8. The number of aryl methyl sites for hydroxylation is 1. The number of thioether (sulfide) groups is 1. The van der Waals surface area contributed by atoms with Crippen molar-refractivity contribution >= 4 is 23.3 Å². The van der Waals surface area contributed by atoms with Gasteiger partial charge >= 0.3 is 0 Å². The van der Waals surface area contributed by atoms with Crippen molar-refractivity contribution < 1.29 is 4.79 Å². The highest BCUT2D eigenvalue weighted by atomic mass is 32.2. The highest BCUT2D eigenvalue weighted by Crippen LogP contribution is 2.18. The summed E-state index contributed by atoms with van der Waals surface area (Å²) in [5.41, 5.74) is 0.748. The summed E-state index contributed by atoms with van der Waals surface area (Å²) in [6.45, 7) is 2.54. The molecule has 1 N–H and O–H groups in total. The Bertz CT molecular complexity index is 999. The van der Waals surface area contributed by atoms with Crippen LogP contribution in [0.15, 0.2) is 41.3 Å². The second-order valence-corrected chi connectivity index (χ2v) is 7.41. The van der Waals surface area contributed by atoms with Gasteiger partial charge in [0.25, 0.3) is 11.5 Å². The highest BCUT2D eigenvalue weighted by molar-refractivity contribution is 7.98. The summed E-state index contributed by atoms with van der Waals surface area (Å²) in [5, 5.41) is 15.7. The Morgan fingerprint density at radius 2 is 2.11 bits per heavy atom. The van der Waals surface area contributed by atoms with Gasteiger partial charge in [-0.15, -0.1) is 10.2 Å². The number of amides is 1. The molecule has 0 aliphatic carbocycles. The molecule has 3 rings (SSSR count). The largest absolute Gasteiger partial charge is 0.341 e. The van der Waals surface area contributed by atoms with Gasteiger partial charge in [-0.05, 0) is 43.0 Å². The molecule has 28 heavy (non-hydrogen) atoms. The quantitative estimate of drug-likeness (QED) is 0.592. The van der Waals surface area contributed by atoms with Crippen molar-refractivity contribution in [3.05, 3.63) is 58.4 Å². The van der Waals surface area contributed by atoms with Crippen LogP contribution in [0.2, 0.25) is 0 Å². The molecule has 1 amide bonds. The van der Waals surface area contributed by atoms with E-state index in [1.54, 1.807) is 11.8 Å². The first-order chi connectivity index (χ1) is 13.6. The molecule has 0 spiro atoms. The molecule has 1 atom stereocenters. The number of carbonyl (C=O) groups excluding carboxylic acids is 1. The van der Waals surface area contributed by atoms with Gasteiger partial charge in [0.05, 0.1) is 6.04 Å². The van der Waals surface area contributed by atoms with Gasteiger partial charge < -0.3 is 5.32 Å². The summed E-state index contributed by atoms with van der Waals surface area (Å²) in [5.74, 6) is 1.21. The summed E-state index contributed by atoms with van der Waals surface area (Å²) in [6, 6.07) is 8.21. The van der Waals surface area contributed by atoms with Crippen LogP contribution in [0.1, 0.15) is 48.5 Å². The molecule has 148 valence electrons. The van der Waals surface area contributed by atoms with Gasteiger partial charge in [0.1, 0.15) is 5.69 Å². The third kappa shape index (κ3) is 4.59. The second-order valence-electron chi connectivity index (χ2n) is 6.43. The fourth-order valence-electron chi connectivity index (χ4n) is 2.87. The Morgan fingerprint density at radius 3 is 2.89 bits per heavy atom. The Kier molecular flexibility index (Phi) is 6.80. The molecule has 0 radical (unpaired) electrons. The fourth-order valence-corrected chi connectivity index (χ4v) is 3.34. The minimum atomic E-state index is -0.330. The van der Waals surface area contributed by atoms with Gasteiger partial charge in [0, 0.05) is 18.8 Å². The zero-order valence-electron chi connectivity index (χ0n) is 16.0. The van der Waals surface area contributed by atoms with E-state index < -0.39 is 0 Å². The Hall–Kier alpha value is -2.68. The molecule has 0 aromatic carbocycles. The number of nitrogens with one attached hydrogen (secondary N) is 1. The van der Waals surface area contributed by atoms with Crippen LogP contribution < -0.4 is 10.9 Å². The Morgan fingerprint density at radius 1 is 1.25 bits per heavy atom. The predicted molar refractivity (Wildman–Crippen MR) is 110 cm³/mol. The van der Waals surface area contributed by atoms with Crippen molar-refractivity contribution in [3.8, 4) is 0 Å². The van der Waals surface area contributed by atoms with E-state index in [0.717, 1.165) is 24.2 Å². The van der Waals surface area contributed by atoms with Gasteiger partial charge in [-0.25, -0.2) is 4.68 Å². The molecule has 0 aliphatic heterocycles. The third-order valence-electron chi connectivity index (χ3n) is 4.39. The first kappa shape index (κ1) is 20.1. The molecule has 1 unspecified atom stereocenters. The number of unbranched alkanes of at least 4 members (excludes halogenated alkanes) is 1. The number of hydrogen-bond donors (Lipinski definition) is 1. The fraction of sp³-hybridized carbons (Fsp3) is 0.421. The van der Waals surface area contributed by atoms with Gasteiger partial charge in [0.15, 0.2) is 11.5 Å². The first-order valence-corrected chi connectivity index (χ1v) is 10.7. The molecule has 9 heteroatoms. The molecule has 3 aromatic rings. The van der Waals surface area contributed by atoms with E-state index in [-0.39, 0.29) is 23.2 Å². The molecule has 0 saturated carbocycles. The van der Waals surface area contributed by atoms with Crippen molar-refractivity contribution in [2.45, 2.75) is 38.8 Å². The SMILES string of the molecule is CCCCn1nc(C(=O)NC(CCSC)c2nnc3ccccn23)ccc1=O. The number of fused-ring (bicyclic) bond motifs is 1. The average molecular weight is 401 g/mol. The zero-order valence-corrected chi connectivity index (χ0v) is 16.9. The molecule has 8 nitrogen and oxygen atoms in total.